The molecule has 1 saturated heterocycles. The van der Waals surface area contributed by atoms with E-state index in [4.69, 9.17) is 10.7 Å². The zero-order valence-corrected chi connectivity index (χ0v) is 13.5. The van der Waals surface area contributed by atoms with Crippen LogP contribution in [-0.4, -0.2) is 32.4 Å². The maximum atomic E-state index is 12.2. The lowest BCUT2D eigenvalue weighted by Crippen LogP contribution is -2.42. The second-order valence-corrected chi connectivity index (χ2v) is 7.82. The molecule has 1 heterocycles. The molecule has 0 saturated carbocycles. The van der Waals surface area contributed by atoms with Gasteiger partial charge >= 0.3 is 6.03 Å². The van der Waals surface area contributed by atoms with Gasteiger partial charge < -0.3 is 10.2 Å². The maximum Gasteiger partial charge on any atom is 0.321 e. The standard InChI is InChI=1S/C14H19ClN2O3S/c1-2-11-4-3-9-17(10-11)14(18)16-12-5-7-13(8-6-12)21(15,19)20/h5-8,11H,2-4,9-10H2,1H3,(H,16,18)/t11-/m1/s1. The number of benzene rings is 1. The summed E-state index contributed by atoms with van der Waals surface area (Å²) in [4.78, 5) is 14.0. The summed E-state index contributed by atoms with van der Waals surface area (Å²) in [5.74, 6) is 0.563. The highest BCUT2D eigenvalue weighted by molar-refractivity contribution is 8.13. The van der Waals surface area contributed by atoms with E-state index in [1.807, 2.05) is 4.90 Å². The molecule has 2 rings (SSSR count). The third-order valence-corrected chi connectivity index (χ3v) is 5.14. The third kappa shape index (κ3) is 4.35. The number of carbonyl (C=O) groups excluding carboxylic acids is 1. The topological polar surface area (TPSA) is 66.5 Å². The summed E-state index contributed by atoms with van der Waals surface area (Å²) in [6.45, 7) is 3.67. The van der Waals surface area contributed by atoms with Gasteiger partial charge in [0, 0.05) is 29.5 Å². The van der Waals surface area contributed by atoms with Gasteiger partial charge in [-0.3, -0.25) is 0 Å². The van der Waals surface area contributed by atoms with Crippen molar-refractivity contribution in [3.63, 3.8) is 0 Å². The highest BCUT2D eigenvalue weighted by Crippen LogP contribution is 2.21. The van der Waals surface area contributed by atoms with Crippen molar-refractivity contribution >= 4 is 31.5 Å². The number of rotatable bonds is 3. The summed E-state index contributed by atoms with van der Waals surface area (Å²) in [5.41, 5.74) is 0.558. The molecule has 1 atom stereocenters. The first kappa shape index (κ1) is 16.1. The highest BCUT2D eigenvalue weighted by atomic mass is 35.7. The molecule has 1 aliphatic rings. The predicted octanol–water partition coefficient (Wildman–Crippen LogP) is 3.27. The van der Waals surface area contributed by atoms with Crippen LogP contribution in [0.3, 0.4) is 0 Å². The van der Waals surface area contributed by atoms with Crippen LogP contribution in [0, 0.1) is 5.92 Å². The second-order valence-electron chi connectivity index (χ2n) is 5.25. The smallest absolute Gasteiger partial charge is 0.321 e. The van der Waals surface area contributed by atoms with Crippen molar-refractivity contribution in [1.29, 1.82) is 0 Å². The molecule has 0 unspecified atom stereocenters. The van der Waals surface area contributed by atoms with Crippen molar-refractivity contribution in [2.45, 2.75) is 31.1 Å². The molecule has 116 valence electrons. The normalized spacial score (nSPS) is 19.3. The van der Waals surface area contributed by atoms with E-state index in [2.05, 4.69) is 12.2 Å². The van der Waals surface area contributed by atoms with Crippen LogP contribution in [0.15, 0.2) is 29.2 Å². The van der Waals surface area contributed by atoms with Gasteiger partial charge in [0.25, 0.3) is 9.05 Å². The Kier molecular flexibility index (Phi) is 5.11. The van der Waals surface area contributed by atoms with Crippen molar-refractivity contribution in [3.05, 3.63) is 24.3 Å². The number of hydrogen-bond acceptors (Lipinski definition) is 3. The molecule has 0 radical (unpaired) electrons. The number of amides is 2. The number of nitrogens with one attached hydrogen (secondary N) is 1. The summed E-state index contributed by atoms with van der Waals surface area (Å²) >= 11 is 0. The van der Waals surface area contributed by atoms with Crippen molar-refractivity contribution < 1.29 is 13.2 Å². The Hall–Kier alpha value is -1.27. The summed E-state index contributed by atoms with van der Waals surface area (Å²) in [6.07, 6.45) is 3.27. The van der Waals surface area contributed by atoms with Gasteiger partial charge in [0.15, 0.2) is 0 Å². The Morgan fingerprint density at radius 3 is 2.62 bits per heavy atom. The van der Waals surface area contributed by atoms with Crippen molar-refractivity contribution in [3.8, 4) is 0 Å². The van der Waals surface area contributed by atoms with E-state index in [0.717, 1.165) is 25.9 Å². The van der Waals surface area contributed by atoms with Crippen molar-refractivity contribution in [2.75, 3.05) is 18.4 Å². The van der Waals surface area contributed by atoms with Crippen LogP contribution >= 0.6 is 10.7 Å². The molecule has 5 nitrogen and oxygen atoms in total. The van der Waals surface area contributed by atoms with Crippen LogP contribution in [0.1, 0.15) is 26.2 Å². The molecular weight excluding hydrogens is 312 g/mol. The van der Waals surface area contributed by atoms with Gasteiger partial charge in [-0.25, -0.2) is 13.2 Å². The average Bonchev–Trinajstić information content (AvgIpc) is 2.47. The lowest BCUT2D eigenvalue weighted by atomic mass is 9.96. The van der Waals surface area contributed by atoms with E-state index < -0.39 is 9.05 Å². The lowest BCUT2D eigenvalue weighted by Gasteiger charge is -2.32. The van der Waals surface area contributed by atoms with E-state index in [1.54, 1.807) is 0 Å². The molecule has 1 aromatic carbocycles. The Bertz CT molecular complexity index is 601. The number of hydrogen-bond donors (Lipinski definition) is 1. The number of anilines is 1. The number of likely N-dealkylation sites (tertiary alicyclic amines) is 1. The van der Waals surface area contributed by atoms with Gasteiger partial charge in [-0.2, -0.15) is 0 Å². The van der Waals surface area contributed by atoms with E-state index in [0.29, 0.717) is 11.6 Å². The Balaban J connectivity index is 1.99. The molecule has 1 N–H and O–H groups in total. The van der Waals surface area contributed by atoms with Gasteiger partial charge in [-0.05, 0) is 43.0 Å². The van der Waals surface area contributed by atoms with Crippen LogP contribution in [0.5, 0.6) is 0 Å². The molecule has 0 bridgehead atoms. The predicted molar refractivity (Wildman–Crippen MR) is 83.1 cm³/mol. The fraction of sp³-hybridized carbons (Fsp3) is 0.500. The molecule has 1 aliphatic heterocycles. The number of piperidine rings is 1. The molecule has 0 aliphatic carbocycles. The fourth-order valence-electron chi connectivity index (χ4n) is 2.49. The lowest BCUT2D eigenvalue weighted by molar-refractivity contribution is 0.176. The molecule has 21 heavy (non-hydrogen) atoms. The van der Waals surface area contributed by atoms with Crippen LogP contribution in [0.4, 0.5) is 10.5 Å². The number of nitrogens with zero attached hydrogens (tertiary/aromatic N) is 1. The zero-order chi connectivity index (χ0) is 15.5. The molecule has 2 amide bonds. The second kappa shape index (κ2) is 6.66. The van der Waals surface area contributed by atoms with E-state index in [9.17, 15) is 13.2 Å². The Morgan fingerprint density at radius 2 is 2.05 bits per heavy atom. The Morgan fingerprint density at radius 1 is 1.38 bits per heavy atom. The SMILES string of the molecule is CC[C@@H]1CCCN(C(=O)Nc2ccc(S(=O)(=O)Cl)cc2)C1. The van der Waals surface area contributed by atoms with Crippen LogP contribution < -0.4 is 5.32 Å². The summed E-state index contributed by atoms with van der Waals surface area (Å²) < 4.78 is 22.3. The fourth-order valence-corrected chi connectivity index (χ4v) is 3.26. The quantitative estimate of drug-likeness (QED) is 0.865. The van der Waals surface area contributed by atoms with Crippen LogP contribution in [0.25, 0.3) is 0 Å². The minimum absolute atomic E-state index is 0.0196. The monoisotopic (exact) mass is 330 g/mol. The van der Waals surface area contributed by atoms with Gasteiger partial charge in [0.05, 0.1) is 4.90 Å². The van der Waals surface area contributed by atoms with E-state index >= 15 is 0 Å². The molecule has 0 spiro atoms. The van der Waals surface area contributed by atoms with Crippen molar-refractivity contribution in [1.82, 2.24) is 4.90 Å². The highest BCUT2D eigenvalue weighted by Gasteiger charge is 2.22. The van der Waals surface area contributed by atoms with Crippen molar-refractivity contribution in [2.24, 2.45) is 5.92 Å². The van der Waals surface area contributed by atoms with Gasteiger partial charge in [0.2, 0.25) is 0 Å². The molecule has 1 aromatic rings. The average molecular weight is 331 g/mol. The number of halogens is 1. The molecule has 1 fully saturated rings. The first-order chi connectivity index (χ1) is 9.90. The number of carbonyl (C=O) groups is 1. The molecule has 0 aromatic heterocycles. The van der Waals surface area contributed by atoms with E-state index in [-0.39, 0.29) is 10.9 Å². The summed E-state index contributed by atoms with van der Waals surface area (Å²) in [5, 5.41) is 2.78. The zero-order valence-electron chi connectivity index (χ0n) is 11.9. The first-order valence-corrected chi connectivity index (χ1v) is 9.31. The van der Waals surface area contributed by atoms with Gasteiger partial charge in [-0.15, -0.1) is 0 Å². The molecular formula is C14H19ClN2O3S. The minimum atomic E-state index is -3.73. The Labute approximate surface area is 129 Å². The summed E-state index contributed by atoms with van der Waals surface area (Å²) in [6, 6.07) is 5.68. The third-order valence-electron chi connectivity index (χ3n) is 3.77. The number of urea groups is 1. The first-order valence-electron chi connectivity index (χ1n) is 7.01. The largest absolute Gasteiger partial charge is 0.324 e. The molecule has 7 heteroatoms. The van der Waals surface area contributed by atoms with Crippen LogP contribution in [-0.2, 0) is 9.05 Å². The summed E-state index contributed by atoms with van der Waals surface area (Å²) in [7, 11) is 1.52. The van der Waals surface area contributed by atoms with Gasteiger partial charge in [0.1, 0.15) is 0 Å². The van der Waals surface area contributed by atoms with E-state index in [1.165, 1.54) is 30.7 Å². The van der Waals surface area contributed by atoms with Gasteiger partial charge in [-0.1, -0.05) is 13.3 Å². The van der Waals surface area contributed by atoms with Crippen LogP contribution in [0.2, 0.25) is 0 Å². The minimum Gasteiger partial charge on any atom is -0.324 e. The maximum absolute atomic E-state index is 12.2.